The minimum absolute atomic E-state index is 0.315. The summed E-state index contributed by atoms with van der Waals surface area (Å²) in [6.07, 6.45) is 4.43. The molecule has 1 heterocycles. The van der Waals surface area contributed by atoms with Crippen molar-refractivity contribution in [1.29, 1.82) is 0 Å². The Morgan fingerprint density at radius 2 is 1.93 bits per heavy atom. The average molecular weight is 235 g/mol. The Bertz CT molecular complexity index is 402. The lowest BCUT2D eigenvalue weighted by Crippen LogP contribution is -2.19. The van der Waals surface area contributed by atoms with Crippen LogP contribution in [0.1, 0.15) is 12.7 Å². The summed E-state index contributed by atoms with van der Waals surface area (Å²) in [6, 6.07) is 0. The first-order valence-electron chi connectivity index (χ1n) is 4.05. The van der Waals surface area contributed by atoms with Crippen LogP contribution in [-0.2, 0) is 16.3 Å². The predicted octanol–water partition coefficient (Wildman–Crippen LogP) is 1.11. The van der Waals surface area contributed by atoms with Crippen LogP contribution in [-0.4, -0.2) is 29.9 Å². The van der Waals surface area contributed by atoms with Crippen LogP contribution in [0.25, 0.3) is 0 Å². The second-order valence-corrected chi connectivity index (χ2v) is 6.06. The molecule has 0 amide bonds. The molecular weight excluding hydrogens is 224 g/mol. The molecule has 6 heteroatoms. The maximum atomic E-state index is 11.1. The molecule has 0 saturated carbocycles. The third kappa shape index (κ3) is 3.23. The number of sulfone groups is 1. The fourth-order valence-corrected chi connectivity index (χ4v) is 1.40. The Hall–Kier alpha value is -0.680. The molecule has 78 valence electrons. The van der Waals surface area contributed by atoms with Gasteiger partial charge >= 0.3 is 0 Å². The Morgan fingerprint density at radius 1 is 1.43 bits per heavy atom. The van der Waals surface area contributed by atoms with Crippen molar-refractivity contribution < 1.29 is 8.42 Å². The Balaban J connectivity index is 2.75. The number of aromatic nitrogens is 2. The zero-order chi connectivity index (χ0) is 10.8. The lowest BCUT2D eigenvalue weighted by atomic mass is 10.3. The van der Waals surface area contributed by atoms with Crippen molar-refractivity contribution >= 4 is 21.4 Å². The summed E-state index contributed by atoms with van der Waals surface area (Å²) in [5.41, 5.74) is 0. The van der Waals surface area contributed by atoms with E-state index in [1.807, 2.05) is 0 Å². The first-order valence-corrected chi connectivity index (χ1v) is 6.38. The van der Waals surface area contributed by atoms with Gasteiger partial charge in [-0.15, -0.1) is 0 Å². The summed E-state index contributed by atoms with van der Waals surface area (Å²) in [4.78, 5) is 7.85. The van der Waals surface area contributed by atoms with Gasteiger partial charge in [-0.2, -0.15) is 0 Å². The van der Waals surface area contributed by atoms with Crippen molar-refractivity contribution in [3.05, 3.63) is 23.2 Å². The van der Waals surface area contributed by atoms with E-state index in [9.17, 15) is 8.42 Å². The third-order valence-electron chi connectivity index (χ3n) is 1.87. The number of halogens is 1. The molecule has 0 aliphatic carbocycles. The minimum Gasteiger partial charge on any atom is -0.240 e. The number of rotatable bonds is 3. The standard InChI is InChI=1S/C8H11ClN2O2S/c1-6(14(2,12)13)3-8-10-4-7(9)5-11-8/h4-6H,3H2,1-2H3/t6-/m0/s1. The molecule has 0 spiro atoms. The second-order valence-electron chi connectivity index (χ2n) is 3.16. The van der Waals surface area contributed by atoms with Crippen LogP contribution >= 0.6 is 11.6 Å². The van der Waals surface area contributed by atoms with Crippen LogP contribution < -0.4 is 0 Å². The third-order valence-corrected chi connectivity index (χ3v) is 3.70. The van der Waals surface area contributed by atoms with Crippen LogP contribution in [0.3, 0.4) is 0 Å². The zero-order valence-corrected chi connectivity index (χ0v) is 9.51. The van der Waals surface area contributed by atoms with Gasteiger partial charge in [-0.1, -0.05) is 11.6 Å². The van der Waals surface area contributed by atoms with E-state index in [0.717, 1.165) is 0 Å². The average Bonchev–Trinajstić information content (AvgIpc) is 2.07. The highest BCUT2D eigenvalue weighted by molar-refractivity contribution is 7.91. The molecular formula is C8H11ClN2O2S. The summed E-state index contributed by atoms with van der Waals surface area (Å²) in [5, 5.41) is -0.0237. The first-order chi connectivity index (χ1) is 6.39. The zero-order valence-electron chi connectivity index (χ0n) is 7.94. The molecule has 1 aromatic rings. The van der Waals surface area contributed by atoms with E-state index >= 15 is 0 Å². The van der Waals surface area contributed by atoms with Gasteiger partial charge < -0.3 is 0 Å². The van der Waals surface area contributed by atoms with Crippen molar-refractivity contribution in [2.75, 3.05) is 6.26 Å². The number of nitrogens with zero attached hydrogens (tertiary/aromatic N) is 2. The largest absolute Gasteiger partial charge is 0.240 e. The maximum Gasteiger partial charge on any atom is 0.150 e. The highest BCUT2D eigenvalue weighted by atomic mass is 35.5. The van der Waals surface area contributed by atoms with Gasteiger partial charge in [-0.3, -0.25) is 0 Å². The van der Waals surface area contributed by atoms with Crippen LogP contribution in [0.5, 0.6) is 0 Å². The summed E-state index contributed by atoms with van der Waals surface area (Å²) in [7, 11) is -3.02. The SMILES string of the molecule is C[C@@H](Cc1ncc(Cl)cn1)S(C)(=O)=O. The van der Waals surface area contributed by atoms with Crippen LogP contribution in [0.2, 0.25) is 5.02 Å². The topological polar surface area (TPSA) is 59.9 Å². The van der Waals surface area contributed by atoms with E-state index in [0.29, 0.717) is 17.3 Å². The maximum absolute atomic E-state index is 11.1. The van der Waals surface area contributed by atoms with Crippen molar-refractivity contribution in [2.24, 2.45) is 0 Å². The molecule has 0 bridgehead atoms. The fraction of sp³-hybridized carbons (Fsp3) is 0.500. The van der Waals surface area contributed by atoms with Crippen LogP contribution in [0.15, 0.2) is 12.4 Å². The van der Waals surface area contributed by atoms with E-state index < -0.39 is 15.1 Å². The van der Waals surface area contributed by atoms with Crippen molar-refractivity contribution in [3.63, 3.8) is 0 Å². The Labute approximate surface area is 88.3 Å². The molecule has 0 saturated heterocycles. The molecule has 0 aromatic carbocycles. The lowest BCUT2D eigenvalue weighted by Gasteiger charge is -2.07. The monoisotopic (exact) mass is 234 g/mol. The summed E-state index contributed by atoms with van der Waals surface area (Å²) < 4.78 is 22.2. The van der Waals surface area contributed by atoms with Crippen molar-refractivity contribution in [2.45, 2.75) is 18.6 Å². The van der Waals surface area contributed by atoms with E-state index in [-0.39, 0.29) is 0 Å². The van der Waals surface area contributed by atoms with Gasteiger partial charge in [0.1, 0.15) is 15.7 Å². The Morgan fingerprint density at radius 3 is 2.36 bits per heavy atom. The van der Waals surface area contributed by atoms with E-state index in [4.69, 9.17) is 11.6 Å². The molecule has 0 N–H and O–H groups in total. The van der Waals surface area contributed by atoms with Gasteiger partial charge in [0.2, 0.25) is 0 Å². The minimum atomic E-state index is -3.02. The molecule has 1 aromatic heterocycles. The number of hydrogen-bond donors (Lipinski definition) is 0. The summed E-state index contributed by atoms with van der Waals surface area (Å²) >= 11 is 5.59. The molecule has 14 heavy (non-hydrogen) atoms. The van der Waals surface area contributed by atoms with E-state index in [1.165, 1.54) is 18.6 Å². The van der Waals surface area contributed by atoms with Gasteiger partial charge in [0.15, 0.2) is 0 Å². The molecule has 1 rings (SSSR count). The van der Waals surface area contributed by atoms with Crippen LogP contribution in [0.4, 0.5) is 0 Å². The van der Waals surface area contributed by atoms with E-state index in [1.54, 1.807) is 6.92 Å². The van der Waals surface area contributed by atoms with Gasteiger partial charge in [0.25, 0.3) is 0 Å². The second kappa shape index (κ2) is 4.23. The quantitative estimate of drug-likeness (QED) is 0.786. The van der Waals surface area contributed by atoms with Crippen LogP contribution in [0, 0.1) is 0 Å². The molecule has 1 atom stereocenters. The van der Waals surface area contributed by atoms with Gasteiger partial charge in [-0.05, 0) is 6.92 Å². The molecule has 0 fully saturated rings. The highest BCUT2D eigenvalue weighted by Crippen LogP contribution is 2.07. The van der Waals surface area contributed by atoms with Crippen molar-refractivity contribution in [3.8, 4) is 0 Å². The van der Waals surface area contributed by atoms with Crippen molar-refractivity contribution in [1.82, 2.24) is 9.97 Å². The highest BCUT2D eigenvalue weighted by Gasteiger charge is 2.16. The first kappa shape index (κ1) is 11.4. The Kier molecular flexibility index (Phi) is 3.44. The summed E-state index contributed by atoms with van der Waals surface area (Å²) in [6.45, 7) is 1.63. The van der Waals surface area contributed by atoms with E-state index in [2.05, 4.69) is 9.97 Å². The van der Waals surface area contributed by atoms with Gasteiger partial charge in [0.05, 0.1) is 10.3 Å². The lowest BCUT2D eigenvalue weighted by molar-refractivity contribution is 0.586. The molecule has 0 aliphatic rings. The van der Waals surface area contributed by atoms with Gasteiger partial charge in [-0.25, -0.2) is 18.4 Å². The van der Waals surface area contributed by atoms with Gasteiger partial charge in [0, 0.05) is 25.1 Å². The number of hydrogen-bond acceptors (Lipinski definition) is 4. The normalized spacial score (nSPS) is 13.9. The molecule has 0 aliphatic heterocycles. The molecule has 0 radical (unpaired) electrons. The molecule has 0 unspecified atom stereocenters. The smallest absolute Gasteiger partial charge is 0.150 e. The predicted molar refractivity (Wildman–Crippen MR) is 55.1 cm³/mol. The summed E-state index contributed by atoms with van der Waals surface area (Å²) in [5.74, 6) is 0.493. The fourth-order valence-electron chi connectivity index (χ4n) is 0.853. The molecule has 4 nitrogen and oxygen atoms in total.